The number of anilines is 1. The van der Waals surface area contributed by atoms with Crippen LogP contribution in [0.15, 0.2) is 18.2 Å². The molecule has 0 saturated carbocycles. The largest absolute Gasteiger partial charge is 0.394 e. The third-order valence-corrected chi connectivity index (χ3v) is 2.81. The van der Waals surface area contributed by atoms with Gasteiger partial charge in [0.2, 0.25) is 0 Å². The number of aliphatic hydroxyl groups excluding tert-OH is 2. The van der Waals surface area contributed by atoms with E-state index in [1.807, 2.05) is 6.07 Å². The second-order valence-corrected chi connectivity index (χ2v) is 4.38. The Morgan fingerprint density at radius 3 is 2.50 bits per heavy atom. The summed E-state index contributed by atoms with van der Waals surface area (Å²) in [5.41, 5.74) is 6.33. The van der Waals surface area contributed by atoms with E-state index in [0.717, 1.165) is 11.3 Å². The summed E-state index contributed by atoms with van der Waals surface area (Å²) in [6.45, 7) is 1.66. The van der Waals surface area contributed by atoms with Crippen molar-refractivity contribution in [1.82, 2.24) is 0 Å². The van der Waals surface area contributed by atoms with E-state index in [0.29, 0.717) is 11.6 Å². The van der Waals surface area contributed by atoms with E-state index in [4.69, 9.17) is 17.3 Å². The maximum Gasteiger partial charge on any atom is 0.0806 e. The van der Waals surface area contributed by atoms with Gasteiger partial charge in [0.05, 0.1) is 18.8 Å². The first-order valence-corrected chi connectivity index (χ1v) is 5.41. The van der Waals surface area contributed by atoms with Gasteiger partial charge in [-0.15, -0.1) is 0 Å². The number of nitrogens with two attached hydrogens (primary N) is 1. The minimum atomic E-state index is -0.783. The van der Waals surface area contributed by atoms with Gasteiger partial charge in [-0.3, -0.25) is 0 Å². The van der Waals surface area contributed by atoms with Crippen LogP contribution in [-0.2, 0) is 6.54 Å². The van der Waals surface area contributed by atoms with Crippen LogP contribution in [0.3, 0.4) is 0 Å². The lowest BCUT2D eigenvalue weighted by atomic mass is 10.0. The molecule has 0 fully saturated rings. The first-order valence-electron chi connectivity index (χ1n) is 5.03. The minimum absolute atomic E-state index is 0.181. The van der Waals surface area contributed by atoms with Crippen LogP contribution in [-0.4, -0.2) is 29.0 Å². The van der Waals surface area contributed by atoms with E-state index >= 15 is 0 Å². The third-order valence-electron chi connectivity index (χ3n) is 2.46. The van der Waals surface area contributed by atoms with Gasteiger partial charge in [-0.25, -0.2) is 0 Å². The summed E-state index contributed by atoms with van der Waals surface area (Å²) in [7, 11) is 0. The fourth-order valence-corrected chi connectivity index (χ4v) is 1.59. The van der Waals surface area contributed by atoms with Crippen molar-refractivity contribution in [3.63, 3.8) is 0 Å². The van der Waals surface area contributed by atoms with Crippen molar-refractivity contribution >= 4 is 17.3 Å². The van der Waals surface area contributed by atoms with E-state index in [1.54, 1.807) is 19.1 Å². The molecule has 0 atom stereocenters. The molecule has 0 aliphatic heterocycles. The van der Waals surface area contributed by atoms with Gasteiger partial charge in [0, 0.05) is 22.8 Å². The van der Waals surface area contributed by atoms with Gasteiger partial charge < -0.3 is 21.3 Å². The summed E-state index contributed by atoms with van der Waals surface area (Å²) in [6.07, 6.45) is 0. The molecule has 0 bridgehead atoms. The van der Waals surface area contributed by atoms with Gasteiger partial charge in [0.15, 0.2) is 0 Å². The second kappa shape index (κ2) is 5.50. The molecule has 1 rings (SSSR count). The lowest BCUT2D eigenvalue weighted by Crippen LogP contribution is -2.42. The Bertz CT molecular complexity index is 354. The summed E-state index contributed by atoms with van der Waals surface area (Å²) < 4.78 is 0. The molecule has 0 radical (unpaired) electrons. The Balaban J connectivity index is 3.01. The average Bonchev–Trinajstić information content (AvgIpc) is 2.29. The van der Waals surface area contributed by atoms with Gasteiger partial charge in [-0.05, 0) is 19.1 Å². The van der Waals surface area contributed by atoms with Crippen LogP contribution in [0.25, 0.3) is 0 Å². The van der Waals surface area contributed by atoms with Crippen LogP contribution in [0.4, 0.5) is 5.69 Å². The molecule has 0 amide bonds. The van der Waals surface area contributed by atoms with Crippen LogP contribution in [0, 0.1) is 0 Å². The number of hydrogen-bond acceptors (Lipinski definition) is 4. The Kier molecular flexibility index (Phi) is 4.56. The zero-order valence-corrected chi connectivity index (χ0v) is 9.96. The highest BCUT2D eigenvalue weighted by atomic mass is 35.5. The SMILES string of the molecule is CC(CO)(CO)Nc1cccc(Cl)c1CN. The van der Waals surface area contributed by atoms with Gasteiger partial charge in [0.25, 0.3) is 0 Å². The van der Waals surface area contributed by atoms with E-state index < -0.39 is 5.54 Å². The Morgan fingerprint density at radius 2 is 2.00 bits per heavy atom. The van der Waals surface area contributed by atoms with Crippen LogP contribution in [0.2, 0.25) is 5.02 Å². The van der Waals surface area contributed by atoms with E-state index in [1.165, 1.54) is 0 Å². The molecule has 0 heterocycles. The number of benzene rings is 1. The molecule has 0 saturated heterocycles. The van der Waals surface area contributed by atoms with Gasteiger partial charge in [-0.2, -0.15) is 0 Å². The zero-order chi connectivity index (χ0) is 12.2. The molecule has 5 N–H and O–H groups in total. The smallest absolute Gasteiger partial charge is 0.0806 e. The molecule has 0 unspecified atom stereocenters. The summed E-state index contributed by atoms with van der Waals surface area (Å²) in [4.78, 5) is 0. The lowest BCUT2D eigenvalue weighted by Gasteiger charge is -2.28. The minimum Gasteiger partial charge on any atom is -0.394 e. The van der Waals surface area contributed by atoms with Gasteiger partial charge in [0.1, 0.15) is 0 Å². The molecular formula is C11H17ClN2O2. The number of nitrogens with one attached hydrogen (secondary N) is 1. The molecule has 90 valence electrons. The second-order valence-electron chi connectivity index (χ2n) is 3.97. The van der Waals surface area contributed by atoms with Crippen molar-refractivity contribution in [2.24, 2.45) is 5.73 Å². The molecule has 0 aliphatic carbocycles. The first-order chi connectivity index (χ1) is 7.56. The van der Waals surface area contributed by atoms with Crippen LogP contribution in [0.5, 0.6) is 0 Å². The van der Waals surface area contributed by atoms with Crippen LogP contribution in [0.1, 0.15) is 12.5 Å². The van der Waals surface area contributed by atoms with Crippen LogP contribution >= 0.6 is 11.6 Å². The van der Waals surface area contributed by atoms with Crippen molar-refractivity contribution in [1.29, 1.82) is 0 Å². The van der Waals surface area contributed by atoms with Crippen molar-refractivity contribution in [3.8, 4) is 0 Å². The molecule has 16 heavy (non-hydrogen) atoms. The lowest BCUT2D eigenvalue weighted by molar-refractivity contribution is 0.147. The fourth-order valence-electron chi connectivity index (χ4n) is 1.34. The van der Waals surface area contributed by atoms with Crippen molar-refractivity contribution in [3.05, 3.63) is 28.8 Å². The topological polar surface area (TPSA) is 78.5 Å². The average molecular weight is 245 g/mol. The molecule has 1 aromatic carbocycles. The molecule has 5 heteroatoms. The summed E-state index contributed by atoms with van der Waals surface area (Å²) in [5, 5.41) is 22.0. The van der Waals surface area contributed by atoms with Gasteiger partial charge >= 0.3 is 0 Å². The Morgan fingerprint density at radius 1 is 1.38 bits per heavy atom. The summed E-state index contributed by atoms with van der Waals surface area (Å²) in [6, 6.07) is 5.36. The van der Waals surface area contributed by atoms with Crippen LogP contribution < -0.4 is 11.1 Å². The summed E-state index contributed by atoms with van der Waals surface area (Å²) in [5.74, 6) is 0. The van der Waals surface area contributed by atoms with E-state index in [2.05, 4.69) is 5.32 Å². The summed E-state index contributed by atoms with van der Waals surface area (Å²) >= 11 is 6.00. The zero-order valence-electron chi connectivity index (χ0n) is 9.20. The molecule has 0 aliphatic rings. The fraction of sp³-hybridized carbons (Fsp3) is 0.455. The molecule has 1 aromatic rings. The maximum atomic E-state index is 9.19. The van der Waals surface area contributed by atoms with Crippen molar-refractivity contribution in [2.45, 2.75) is 19.0 Å². The number of aliphatic hydroxyl groups is 2. The van der Waals surface area contributed by atoms with E-state index in [-0.39, 0.29) is 13.2 Å². The highest BCUT2D eigenvalue weighted by Crippen LogP contribution is 2.26. The first kappa shape index (κ1) is 13.3. The number of halogens is 1. The standard InChI is InChI=1S/C11H17ClN2O2/c1-11(6-15,7-16)14-10-4-2-3-9(12)8(10)5-13/h2-4,14-16H,5-7,13H2,1H3. The maximum absolute atomic E-state index is 9.19. The van der Waals surface area contributed by atoms with Crippen molar-refractivity contribution < 1.29 is 10.2 Å². The highest BCUT2D eigenvalue weighted by molar-refractivity contribution is 6.31. The predicted octanol–water partition coefficient (Wildman–Crippen LogP) is 0.954. The number of hydrogen-bond donors (Lipinski definition) is 4. The number of rotatable bonds is 5. The molecular weight excluding hydrogens is 228 g/mol. The third kappa shape index (κ3) is 2.86. The monoisotopic (exact) mass is 244 g/mol. The molecule has 0 spiro atoms. The quantitative estimate of drug-likeness (QED) is 0.622. The van der Waals surface area contributed by atoms with E-state index in [9.17, 15) is 10.2 Å². The normalized spacial score (nSPS) is 11.6. The van der Waals surface area contributed by atoms with Gasteiger partial charge in [-0.1, -0.05) is 17.7 Å². The Hall–Kier alpha value is -0.810. The molecule has 0 aromatic heterocycles. The highest BCUT2D eigenvalue weighted by Gasteiger charge is 2.23. The predicted molar refractivity (Wildman–Crippen MR) is 65.5 cm³/mol. The molecule has 4 nitrogen and oxygen atoms in total. The van der Waals surface area contributed by atoms with Crippen molar-refractivity contribution in [2.75, 3.05) is 18.5 Å². The Labute approximate surface area is 100 Å².